The Morgan fingerprint density at radius 1 is 1.13 bits per heavy atom. The van der Waals surface area contributed by atoms with Crippen molar-refractivity contribution in [3.05, 3.63) is 58.7 Å². The number of rotatable bonds is 6. The predicted octanol–water partition coefficient (Wildman–Crippen LogP) is 1.93. The van der Waals surface area contributed by atoms with Crippen molar-refractivity contribution in [3.8, 4) is 0 Å². The first-order valence-electron chi connectivity index (χ1n) is 9.66. The van der Waals surface area contributed by atoms with Crippen LogP contribution in [-0.2, 0) is 21.2 Å². The van der Waals surface area contributed by atoms with E-state index in [0.29, 0.717) is 42.0 Å². The number of anilines is 1. The largest absolute Gasteiger partial charge is 0.379 e. The molecule has 0 aliphatic carbocycles. The van der Waals surface area contributed by atoms with Gasteiger partial charge in [0.2, 0.25) is 15.9 Å². The standard InChI is InChI=1S/C21H25N3O5S/c1-3-15-4-5-16(13-19(15)30(27,28)24-8-10-29-11-9-24)21(26)23-17-6-7-18(20(22)25)14(2)12-17/h4-7,12-13H,3,8-11H2,1-2H3,(H2,22,25)(H,23,26). The fourth-order valence-electron chi connectivity index (χ4n) is 3.38. The van der Waals surface area contributed by atoms with Crippen molar-refractivity contribution in [2.24, 2.45) is 5.73 Å². The molecule has 160 valence electrons. The lowest BCUT2D eigenvalue weighted by molar-refractivity contribution is 0.0730. The van der Waals surface area contributed by atoms with Crippen LogP contribution in [0.5, 0.6) is 0 Å². The van der Waals surface area contributed by atoms with E-state index in [-0.39, 0.29) is 23.5 Å². The Hall–Kier alpha value is -2.75. The zero-order chi connectivity index (χ0) is 21.9. The minimum atomic E-state index is -3.73. The molecule has 0 bridgehead atoms. The summed E-state index contributed by atoms with van der Waals surface area (Å²) in [6, 6.07) is 9.47. The molecule has 1 saturated heterocycles. The summed E-state index contributed by atoms with van der Waals surface area (Å²) < 4.78 is 32.9. The van der Waals surface area contributed by atoms with Gasteiger partial charge in [0.05, 0.1) is 18.1 Å². The maximum Gasteiger partial charge on any atom is 0.255 e. The zero-order valence-electron chi connectivity index (χ0n) is 17.0. The van der Waals surface area contributed by atoms with Gasteiger partial charge in [0.25, 0.3) is 5.91 Å². The maximum absolute atomic E-state index is 13.1. The van der Waals surface area contributed by atoms with E-state index in [1.165, 1.54) is 10.4 Å². The van der Waals surface area contributed by atoms with Gasteiger partial charge >= 0.3 is 0 Å². The van der Waals surface area contributed by atoms with E-state index in [1.807, 2.05) is 6.92 Å². The summed E-state index contributed by atoms with van der Waals surface area (Å²) in [4.78, 5) is 24.3. The van der Waals surface area contributed by atoms with Crippen LogP contribution in [0.1, 0.15) is 38.8 Å². The summed E-state index contributed by atoms with van der Waals surface area (Å²) >= 11 is 0. The minimum absolute atomic E-state index is 0.139. The van der Waals surface area contributed by atoms with Crippen LogP contribution >= 0.6 is 0 Å². The van der Waals surface area contributed by atoms with Gasteiger partial charge in [0, 0.05) is 29.9 Å². The Labute approximate surface area is 176 Å². The summed E-state index contributed by atoms with van der Waals surface area (Å²) in [6.45, 7) is 4.86. The molecule has 0 radical (unpaired) electrons. The molecule has 0 aromatic heterocycles. The van der Waals surface area contributed by atoms with E-state index in [9.17, 15) is 18.0 Å². The minimum Gasteiger partial charge on any atom is -0.379 e. The number of amides is 2. The molecule has 2 aromatic rings. The van der Waals surface area contributed by atoms with Gasteiger partial charge < -0.3 is 15.8 Å². The summed E-state index contributed by atoms with van der Waals surface area (Å²) in [5.41, 5.74) is 7.69. The van der Waals surface area contributed by atoms with Gasteiger partial charge in [-0.05, 0) is 54.8 Å². The Morgan fingerprint density at radius 3 is 2.43 bits per heavy atom. The van der Waals surface area contributed by atoms with Gasteiger partial charge in [-0.2, -0.15) is 4.31 Å². The highest BCUT2D eigenvalue weighted by atomic mass is 32.2. The van der Waals surface area contributed by atoms with E-state index in [4.69, 9.17) is 10.5 Å². The van der Waals surface area contributed by atoms with Gasteiger partial charge in [-0.25, -0.2) is 8.42 Å². The van der Waals surface area contributed by atoms with Crippen molar-refractivity contribution < 1.29 is 22.7 Å². The molecule has 0 unspecified atom stereocenters. The molecule has 1 aliphatic heterocycles. The molecular weight excluding hydrogens is 406 g/mol. The van der Waals surface area contributed by atoms with Crippen molar-refractivity contribution in [1.82, 2.24) is 4.31 Å². The molecular formula is C21H25N3O5S. The smallest absolute Gasteiger partial charge is 0.255 e. The molecule has 2 amide bonds. The van der Waals surface area contributed by atoms with Crippen LogP contribution < -0.4 is 11.1 Å². The number of morpholine rings is 1. The van der Waals surface area contributed by atoms with E-state index >= 15 is 0 Å². The number of ether oxygens (including phenoxy) is 1. The van der Waals surface area contributed by atoms with E-state index in [2.05, 4.69) is 5.32 Å². The number of nitrogens with zero attached hydrogens (tertiary/aromatic N) is 1. The molecule has 0 spiro atoms. The Bertz CT molecular complexity index is 1080. The molecule has 30 heavy (non-hydrogen) atoms. The van der Waals surface area contributed by atoms with Crippen LogP contribution in [0.2, 0.25) is 0 Å². The molecule has 2 aromatic carbocycles. The monoisotopic (exact) mass is 431 g/mol. The van der Waals surface area contributed by atoms with Crippen LogP contribution in [0.4, 0.5) is 5.69 Å². The third kappa shape index (κ3) is 4.53. The van der Waals surface area contributed by atoms with Gasteiger partial charge in [-0.1, -0.05) is 13.0 Å². The summed E-state index contributed by atoms with van der Waals surface area (Å²) in [5.74, 6) is -0.985. The number of carbonyl (C=O) groups is 2. The third-order valence-corrected chi connectivity index (χ3v) is 7.03. The predicted molar refractivity (Wildman–Crippen MR) is 113 cm³/mol. The Kier molecular flexibility index (Phi) is 6.55. The molecule has 0 saturated carbocycles. The topological polar surface area (TPSA) is 119 Å². The number of benzene rings is 2. The molecule has 9 heteroatoms. The first-order valence-corrected chi connectivity index (χ1v) is 11.1. The fraction of sp³-hybridized carbons (Fsp3) is 0.333. The summed E-state index contributed by atoms with van der Waals surface area (Å²) in [7, 11) is -3.73. The number of hydrogen-bond acceptors (Lipinski definition) is 5. The Balaban J connectivity index is 1.89. The zero-order valence-corrected chi connectivity index (χ0v) is 17.8. The number of nitrogens with two attached hydrogens (primary N) is 1. The molecule has 8 nitrogen and oxygen atoms in total. The highest BCUT2D eigenvalue weighted by molar-refractivity contribution is 7.89. The number of hydrogen-bond donors (Lipinski definition) is 2. The second-order valence-electron chi connectivity index (χ2n) is 7.04. The second-order valence-corrected chi connectivity index (χ2v) is 8.95. The average Bonchev–Trinajstić information content (AvgIpc) is 2.73. The quantitative estimate of drug-likeness (QED) is 0.724. The van der Waals surface area contributed by atoms with Gasteiger partial charge in [0.15, 0.2) is 0 Å². The van der Waals surface area contributed by atoms with Crippen molar-refractivity contribution >= 4 is 27.5 Å². The van der Waals surface area contributed by atoms with E-state index in [0.717, 1.165) is 0 Å². The highest BCUT2D eigenvalue weighted by Crippen LogP contribution is 2.24. The Morgan fingerprint density at radius 2 is 1.83 bits per heavy atom. The maximum atomic E-state index is 13.1. The normalized spacial score (nSPS) is 15.0. The number of nitrogens with one attached hydrogen (secondary N) is 1. The van der Waals surface area contributed by atoms with Gasteiger partial charge in [-0.15, -0.1) is 0 Å². The van der Waals surface area contributed by atoms with Crippen LogP contribution in [0, 0.1) is 6.92 Å². The van der Waals surface area contributed by atoms with Crippen LogP contribution in [0.15, 0.2) is 41.3 Å². The number of aryl methyl sites for hydroxylation is 2. The molecule has 3 N–H and O–H groups in total. The molecule has 1 heterocycles. The average molecular weight is 432 g/mol. The second kappa shape index (κ2) is 8.95. The van der Waals surface area contributed by atoms with E-state index in [1.54, 1.807) is 37.3 Å². The summed E-state index contributed by atoms with van der Waals surface area (Å²) in [6.07, 6.45) is 0.522. The molecule has 1 fully saturated rings. The van der Waals surface area contributed by atoms with Gasteiger partial charge in [0.1, 0.15) is 0 Å². The van der Waals surface area contributed by atoms with Crippen molar-refractivity contribution in [2.45, 2.75) is 25.2 Å². The number of primary amides is 1. The van der Waals surface area contributed by atoms with E-state index < -0.39 is 21.8 Å². The number of sulfonamides is 1. The van der Waals surface area contributed by atoms with Crippen molar-refractivity contribution in [1.29, 1.82) is 0 Å². The SMILES string of the molecule is CCc1ccc(C(=O)Nc2ccc(C(N)=O)c(C)c2)cc1S(=O)(=O)N1CCOCC1. The molecule has 3 rings (SSSR count). The van der Waals surface area contributed by atoms with Crippen molar-refractivity contribution in [2.75, 3.05) is 31.6 Å². The highest BCUT2D eigenvalue weighted by Gasteiger charge is 2.29. The van der Waals surface area contributed by atoms with Crippen LogP contribution in [0.25, 0.3) is 0 Å². The lowest BCUT2D eigenvalue weighted by atomic mass is 10.1. The molecule has 1 aliphatic rings. The fourth-order valence-corrected chi connectivity index (χ4v) is 5.10. The third-order valence-electron chi connectivity index (χ3n) is 5.05. The lowest BCUT2D eigenvalue weighted by Gasteiger charge is -2.27. The van der Waals surface area contributed by atoms with Gasteiger partial charge in [-0.3, -0.25) is 9.59 Å². The lowest BCUT2D eigenvalue weighted by Crippen LogP contribution is -2.41. The first-order chi connectivity index (χ1) is 14.2. The first kappa shape index (κ1) is 21.9. The van der Waals surface area contributed by atoms with Crippen molar-refractivity contribution in [3.63, 3.8) is 0 Å². The van der Waals surface area contributed by atoms with Crippen LogP contribution in [-0.4, -0.2) is 50.8 Å². The molecule has 0 atom stereocenters. The van der Waals surface area contributed by atoms with Crippen LogP contribution in [0.3, 0.4) is 0 Å². The summed E-state index contributed by atoms with van der Waals surface area (Å²) in [5, 5.41) is 2.74. The number of carbonyl (C=O) groups excluding carboxylic acids is 2.